The minimum Gasteiger partial charge on any atom is -0.337 e. The fourth-order valence-corrected chi connectivity index (χ4v) is 2.71. The van der Waals surface area contributed by atoms with Crippen LogP contribution in [0.4, 0.5) is 0 Å². The first-order valence-electron chi connectivity index (χ1n) is 5.46. The number of rotatable bonds is 4. The van der Waals surface area contributed by atoms with Crippen LogP contribution >= 0.6 is 27.3 Å². The van der Waals surface area contributed by atoms with Crippen LogP contribution in [0.5, 0.6) is 0 Å². The zero-order valence-corrected chi connectivity index (χ0v) is 12.1. The van der Waals surface area contributed by atoms with Gasteiger partial charge >= 0.3 is 0 Å². The van der Waals surface area contributed by atoms with Gasteiger partial charge in [0.2, 0.25) is 11.7 Å². The molecule has 17 heavy (non-hydrogen) atoms. The van der Waals surface area contributed by atoms with Gasteiger partial charge in [-0.2, -0.15) is 4.98 Å². The molecule has 2 unspecified atom stereocenters. The first kappa shape index (κ1) is 12.7. The van der Waals surface area contributed by atoms with Crippen molar-refractivity contribution in [1.82, 2.24) is 10.1 Å². The third kappa shape index (κ3) is 2.75. The number of hydrogen-bond acceptors (Lipinski definition) is 5. The fourth-order valence-electron chi connectivity index (χ4n) is 1.40. The molecule has 0 aliphatic heterocycles. The number of thiophene rings is 1. The fraction of sp³-hybridized carbons (Fsp3) is 0.455. The molecule has 2 rings (SSSR count). The second-order valence-corrected chi connectivity index (χ2v) is 6.43. The van der Waals surface area contributed by atoms with Crippen LogP contribution in [-0.4, -0.2) is 10.1 Å². The first-order valence-corrected chi connectivity index (χ1v) is 7.07. The highest BCUT2D eigenvalue weighted by Crippen LogP contribution is 2.30. The topological polar surface area (TPSA) is 64.9 Å². The van der Waals surface area contributed by atoms with Crippen molar-refractivity contribution < 1.29 is 4.52 Å². The summed E-state index contributed by atoms with van der Waals surface area (Å²) in [7, 11) is 0. The Morgan fingerprint density at radius 3 is 2.88 bits per heavy atom. The number of nitrogens with two attached hydrogens (primary N) is 1. The Hall–Kier alpha value is -0.720. The van der Waals surface area contributed by atoms with Gasteiger partial charge in [0, 0.05) is 0 Å². The van der Waals surface area contributed by atoms with Gasteiger partial charge in [-0.3, -0.25) is 0 Å². The second-order valence-electron chi connectivity index (χ2n) is 3.97. The van der Waals surface area contributed by atoms with Gasteiger partial charge in [-0.25, -0.2) is 0 Å². The molecule has 2 atom stereocenters. The molecule has 0 radical (unpaired) electrons. The molecular weight excluding hydrogens is 302 g/mol. The summed E-state index contributed by atoms with van der Waals surface area (Å²) in [6.45, 7) is 4.18. The number of nitrogens with zero attached hydrogens (tertiary/aromatic N) is 2. The van der Waals surface area contributed by atoms with Crippen LogP contribution in [0.25, 0.3) is 10.7 Å². The highest BCUT2D eigenvalue weighted by atomic mass is 79.9. The number of halogens is 1. The monoisotopic (exact) mass is 315 g/mol. The van der Waals surface area contributed by atoms with Crippen molar-refractivity contribution in [2.24, 2.45) is 11.7 Å². The third-order valence-corrected chi connectivity index (χ3v) is 4.40. The minimum atomic E-state index is -0.190. The van der Waals surface area contributed by atoms with E-state index in [9.17, 15) is 0 Å². The van der Waals surface area contributed by atoms with E-state index in [1.807, 2.05) is 12.1 Å². The Morgan fingerprint density at radius 1 is 1.53 bits per heavy atom. The molecule has 0 spiro atoms. The molecule has 0 saturated carbocycles. The summed E-state index contributed by atoms with van der Waals surface area (Å²) in [4.78, 5) is 5.32. The molecule has 2 heterocycles. The molecule has 4 nitrogen and oxygen atoms in total. The van der Waals surface area contributed by atoms with E-state index in [4.69, 9.17) is 10.3 Å². The minimum absolute atomic E-state index is 0.190. The Kier molecular flexibility index (Phi) is 3.96. The molecule has 0 aromatic carbocycles. The molecule has 2 aromatic heterocycles. The maximum absolute atomic E-state index is 6.04. The van der Waals surface area contributed by atoms with E-state index in [0.29, 0.717) is 17.6 Å². The van der Waals surface area contributed by atoms with Gasteiger partial charge in [0.05, 0.1) is 14.7 Å². The second kappa shape index (κ2) is 5.29. The largest absolute Gasteiger partial charge is 0.337 e. The summed E-state index contributed by atoms with van der Waals surface area (Å²) in [5.41, 5.74) is 6.04. The van der Waals surface area contributed by atoms with Crippen LogP contribution in [0.15, 0.2) is 20.4 Å². The Bertz CT molecular complexity index is 496. The molecule has 2 N–H and O–H groups in total. The van der Waals surface area contributed by atoms with Crippen molar-refractivity contribution in [2.45, 2.75) is 26.3 Å². The highest BCUT2D eigenvalue weighted by Gasteiger charge is 2.20. The number of aromatic nitrogens is 2. The predicted molar refractivity (Wildman–Crippen MR) is 71.7 cm³/mol. The van der Waals surface area contributed by atoms with Gasteiger partial charge in [-0.15, -0.1) is 11.3 Å². The van der Waals surface area contributed by atoms with Crippen molar-refractivity contribution in [3.05, 3.63) is 21.8 Å². The number of hydrogen-bond donors (Lipinski definition) is 1. The molecule has 0 aliphatic rings. The highest BCUT2D eigenvalue weighted by molar-refractivity contribution is 9.11. The van der Waals surface area contributed by atoms with Crippen molar-refractivity contribution >= 4 is 27.3 Å². The van der Waals surface area contributed by atoms with Crippen LogP contribution < -0.4 is 5.73 Å². The molecule has 2 aromatic rings. The van der Waals surface area contributed by atoms with Crippen molar-refractivity contribution in [3.63, 3.8) is 0 Å². The van der Waals surface area contributed by atoms with E-state index in [1.165, 1.54) is 0 Å². The quantitative estimate of drug-likeness (QED) is 0.936. The third-order valence-electron chi connectivity index (χ3n) is 2.78. The smallest absolute Gasteiger partial charge is 0.244 e. The summed E-state index contributed by atoms with van der Waals surface area (Å²) < 4.78 is 6.26. The molecule has 0 aliphatic carbocycles. The maximum atomic E-state index is 6.04. The summed E-state index contributed by atoms with van der Waals surface area (Å²) in [5.74, 6) is 1.45. The van der Waals surface area contributed by atoms with Gasteiger partial charge in [0.1, 0.15) is 0 Å². The van der Waals surface area contributed by atoms with Crippen LogP contribution in [0.1, 0.15) is 32.2 Å². The van der Waals surface area contributed by atoms with E-state index in [0.717, 1.165) is 15.1 Å². The Labute approximate surface area is 112 Å². The van der Waals surface area contributed by atoms with E-state index in [2.05, 4.69) is 39.9 Å². The van der Waals surface area contributed by atoms with E-state index < -0.39 is 0 Å². The van der Waals surface area contributed by atoms with E-state index >= 15 is 0 Å². The molecule has 0 saturated heterocycles. The lowest BCUT2D eigenvalue weighted by Gasteiger charge is -2.12. The first-order chi connectivity index (χ1) is 8.11. The van der Waals surface area contributed by atoms with Crippen LogP contribution in [0.3, 0.4) is 0 Å². The Balaban J connectivity index is 2.21. The molecule has 92 valence electrons. The summed E-state index contributed by atoms with van der Waals surface area (Å²) >= 11 is 4.98. The average molecular weight is 316 g/mol. The van der Waals surface area contributed by atoms with Crippen molar-refractivity contribution in [3.8, 4) is 10.7 Å². The van der Waals surface area contributed by atoms with Crippen LogP contribution in [0, 0.1) is 5.92 Å². The average Bonchev–Trinajstić information content (AvgIpc) is 2.95. The maximum Gasteiger partial charge on any atom is 0.244 e. The molecule has 0 bridgehead atoms. The van der Waals surface area contributed by atoms with Gasteiger partial charge in [-0.1, -0.05) is 25.4 Å². The molecular formula is C11H14BrN3OS. The van der Waals surface area contributed by atoms with E-state index in [1.54, 1.807) is 11.3 Å². The Morgan fingerprint density at radius 2 is 2.29 bits per heavy atom. The van der Waals surface area contributed by atoms with Crippen molar-refractivity contribution in [1.29, 1.82) is 0 Å². The van der Waals surface area contributed by atoms with Gasteiger partial charge in [-0.05, 0) is 34.0 Å². The summed E-state index contributed by atoms with van der Waals surface area (Å²) in [5, 5.41) is 3.96. The SMILES string of the molecule is CCC(C)C(N)c1nc(-c2ccc(Br)s2)no1. The van der Waals surface area contributed by atoms with Crippen LogP contribution in [0.2, 0.25) is 0 Å². The van der Waals surface area contributed by atoms with Crippen LogP contribution in [-0.2, 0) is 0 Å². The van der Waals surface area contributed by atoms with Crippen molar-refractivity contribution in [2.75, 3.05) is 0 Å². The standard InChI is InChI=1S/C11H14BrN3OS/c1-3-6(2)9(13)11-14-10(15-16-11)7-4-5-8(12)17-7/h4-6,9H,3,13H2,1-2H3. The van der Waals surface area contributed by atoms with Gasteiger partial charge < -0.3 is 10.3 Å². The normalized spacial score (nSPS) is 14.8. The van der Waals surface area contributed by atoms with Gasteiger partial charge in [0.25, 0.3) is 0 Å². The zero-order valence-electron chi connectivity index (χ0n) is 9.68. The lowest BCUT2D eigenvalue weighted by atomic mass is 10.0. The molecule has 0 fully saturated rings. The molecule has 0 amide bonds. The summed E-state index contributed by atoms with van der Waals surface area (Å²) in [6.07, 6.45) is 0.990. The van der Waals surface area contributed by atoms with Gasteiger partial charge in [0.15, 0.2) is 0 Å². The zero-order chi connectivity index (χ0) is 12.4. The summed E-state index contributed by atoms with van der Waals surface area (Å²) in [6, 6.07) is 3.73. The molecule has 6 heteroatoms. The van der Waals surface area contributed by atoms with E-state index in [-0.39, 0.29) is 6.04 Å². The lowest BCUT2D eigenvalue weighted by Crippen LogP contribution is -2.18. The lowest BCUT2D eigenvalue weighted by molar-refractivity contribution is 0.312. The predicted octanol–water partition coefficient (Wildman–Crippen LogP) is 3.61.